The first kappa shape index (κ1) is 16.7. The van der Waals surface area contributed by atoms with Crippen molar-refractivity contribution in [1.29, 1.82) is 0 Å². The summed E-state index contributed by atoms with van der Waals surface area (Å²) in [5, 5.41) is 8.72. The van der Waals surface area contributed by atoms with E-state index in [4.69, 9.17) is 9.15 Å². The smallest absolute Gasteiger partial charge is 0.226 e. The molecule has 0 bridgehead atoms. The van der Waals surface area contributed by atoms with Crippen LogP contribution in [0.5, 0.6) is 0 Å². The number of furan rings is 1. The number of hydrogen-bond acceptors (Lipinski definition) is 6. The molecule has 0 aromatic carbocycles. The fourth-order valence-electron chi connectivity index (χ4n) is 1.87. The Hall–Kier alpha value is -1.70. The molecule has 0 unspecified atom stereocenters. The molecule has 1 amide bonds. The van der Waals surface area contributed by atoms with Gasteiger partial charge in [-0.25, -0.2) is 4.98 Å². The Kier molecular flexibility index (Phi) is 6.57. The zero-order chi connectivity index (χ0) is 15.8. The van der Waals surface area contributed by atoms with E-state index >= 15 is 0 Å². The number of carbonyl (C=O) groups excluding carboxylic acids is 1. The third kappa shape index (κ3) is 5.25. The number of carbonyl (C=O) groups is 1. The van der Waals surface area contributed by atoms with Crippen LogP contribution >= 0.6 is 11.3 Å². The Morgan fingerprint density at radius 1 is 1.36 bits per heavy atom. The number of aromatic nitrogens is 1. The molecule has 0 fully saturated rings. The Morgan fingerprint density at radius 3 is 2.95 bits per heavy atom. The van der Waals surface area contributed by atoms with Gasteiger partial charge in [0.25, 0.3) is 0 Å². The molecule has 0 saturated heterocycles. The van der Waals surface area contributed by atoms with Gasteiger partial charge in [-0.3, -0.25) is 4.79 Å². The number of amides is 1. The Morgan fingerprint density at radius 2 is 2.23 bits per heavy atom. The zero-order valence-electron chi connectivity index (χ0n) is 12.8. The van der Waals surface area contributed by atoms with Crippen molar-refractivity contribution in [2.75, 3.05) is 33.4 Å². The molecule has 22 heavy (non-hydrogen) atoms. The average Bonchev–Trinajstić information content (AvgIpc) is 3.11. The number of ether oxygens (including phenoxy) is 1. The number of aryl methyl sites for hydroxylation is 1. The minimum absolute atomic E-state index is 0.0268. The van der Waals surface area contributed by atoms with Crippen LogP contribution < -0.4 is 10.6 Å². The van der Waals surface area contributed by atoms with Gasteiger partial charge in [0, 0.05) is 32.1 Å². The topological polar surface area (TPSA) is 76.4 Å². The van der Waals surface area contributed by atoms with E-state index in [0.717, 1.165) is 35.3 Å². The third-order valence-electron chi connectivity index (χ3n) is 2.95. The highest BCUT2D eigenvalue weighted by Crippen LogP contribution is 2.25. The summed E-state index contributed by atoms with van der Waals surface area (Å²) in [5.41, 5.74) is 0.763. The van der Waals surface area contributed by atoms with Gasteiger partial charge in [-0.15, -0.1) is 11.3 Å². The highest BCUT2D eigenvalue weighted by atomic mass is 32.1. The largest absolute Gasteiger partial charge is 0.459 e. The molecule has 0 aliphatic heterocycles. The van der Waals surface area contributed by atoms with Crippen molar-refractivity contribution in [2.24, 2.45) is 0 Å². The van der Waals surface area contributed by atoms with E-state index in [1.165, 1.54) is 11.3 Å². The molecule has 0 atom stereocenters. The van der Waals surface area contributed by atoms with Crippen LogP contribution in [-0.4, -0.2) is 44.2 Å². The fourth-order valence-corrected chi connectivity index (χ4v) is 2.65. The number of thiazole rings is 1. The number of rotatable bonds is 9. The lowest BCUT2D eigenvalue weighted by atomic mass is 10.3. The van der Waals surface area contributed by atoms with Crippen molar-refractivity contribution in [3.05, 3.63) is 29.0 Å². The van der Waals surface area contributed by atoms with E-state index in [0.29, 0.717) is 13.2 Å². The van der Waals surface area contributed by atoms with Crippen LogP contribution in [0.25, 0.3) is 10.8 Å². The molecule has 2 heterocycles. The summed E-state index contributed by atoms with van der Waals surface area (Å²) in [6, 6.07) is 3.80. The number of nitrogens with zero attached hydrogens (tertiary/aromatic N) is 1. The molecule has 2 aromatic heterocycles. The summed E-state index contributed by atoms with van der Waals surface area (Å²) in [6.07, 6.45) is 0.286. The van der Waals surface area contributed by atoms with Gasteiger partial charge < -0.3 is 19.8 Å². The second kappa shape index (κ2) is 8.67. The molecule has 7 heteroatoms. The maximum absolute atomic E-state index is 11.8. The highest BCUT2D eigenvalue weighted by Gasteiger charge is 2.10. The molecule has 0 spiro atoms. The SMILES string of the molecule is COCCNCCNC(=O)Cc1csc(-c2ccc(C)o2)n1. The van der Waals surface area contributed by atoms with Crippen LogP contribution in [0.15, 0.2) is 21.9 Å². The average molecular weight is 323 g/mol. The first-order valence-electron chi connectivity index (χ1n) is 7.16. The highest BCUT2D eigenvalue weighted by molar-refractivity contribution is 7.13. The molecule has 0 saturated carbocycles. The van der Waals surface area contributed by atoms with Crippen LogP contribution in [0.3, 0.4) is 0 Å². The fraction of sp³-hybridized carbons (Fsp3) is 0.467. The molecule has 0 aliphatic rings. The van der Waals surface area contributed by atoms with Gasteiger partial charge in [0.05, 0.1) is 18.7 Å². The lowest BCUT2D eigenvalue weighted by Gasteiger charge is -2.05. The molecule has 120 valence electrons. The second-order valence-electron chi connectivity index (χ2n) is 4.82. The van der Waals surface area contributed by atoms with Crippen LogP contribution in [0.2, 0.25) is 0 Å². The minimum atomic E-state index is -0.0268. The normalized spacial score (nSPS) is 10.8. The zero-order valence-corrected chi connectivity index (χ0v) is 13.7. The Balaban J connectivity index is 1.72. The van der Waals surface area contributed by atoms with E-state index < -0.39 is 0 Å². The summed E-state index contributed by atoms with van der Waals surface area (Å²) < 4.78 is 10.5. The maximum atomic E-state index is 11.8. The van der Waals surface area contributed by atoms with Gasteiger partial charge in [0.1, 0.15) is 5.76 Å². The van der Waals surface area contributed by atoms with Crippen LogP contribution in [-0.2, 0) is 16.0 Å². The lowest BCUT2D eigenvalue weighted by molar-refractivity contribution is -0.120. The van der Waals surface area contributed by atoms with Gasteiger partial charge in [-0.05, 0) is 19.1 Å². The monoisotopic (exact) mass is 323 g/mol. The quantitative estimate of drug-likeness (QED) is 0.686. The Bertz CT molecular complexity index is 594. The van der Waals surface area contributed by atoms with Crippen LogP contribution in [0.4, 0.5) is 0 Å². The van der Waals surface area contributed by atoms with Crippen molar-refractivity contribution in [3.8, 4) is 10.8 Å². The van der Waals surface area contributed by atoms with E-state index in [1.807, 2.05) is 24.4 Å². The Labute approximate surface area is 133 Å². The number of methoxy groups -OCH3 is 1. The number of hydrogen-bond donors (Lipinski definition) is 2. The second-order valence-corrected chi connectivity index (χ2v) is 5.68. The summed E-state index contributed by atoms with van der Waals surface area (Å²) in [7, 11) is 1.66. The summed E-state index contributed by atoms with van der Waals surface area (Å²) >= 11 is 1.48. The summed E-state index contributed by atoms with van der Waals surface area (Å²) in [5.74, 6) is 1.57. The third-order valence-corrected chi connectivity index (χ3v) is 3.86. The molecule has 2 N–H and O–H groups in total. The van der Waals surface area contributed by atoms with Crippen molar-refractivity contribution in [3.63, 3.8) is 0 Å². The molecular formula is C15H21N3O3S. The van der Waals surface area contributed by atoms with Crippen LogP contribution in [0.1, 0.15) is 11.5 Å². The lowest BCUT2D eigenvalue weighted by Crippen LogP contribution is -2.33. The van der Waals surface area contributed by atoms with E-state index in [1.54, 1.807) is 7.11 Å². The molecule has 0 aliphatic carbocycles. The van der Waals surface area contributed by atoms with Gasteiger partial charge in [0.15, 0.2) is 10.8 Å². The molecule has 6 nitrogen and oxygen atoms in total. The van der Waals surface area contributed by atoms with Gasteiger partial charge in [-0.1, -0.05) is 0 Å². The number of nitrogens with one attached hydrogen (secondary N) is 2. The first-order valence-corrected chi connectivity index (χ1v) is 8.04. The molecule has 2 rings (SSSR count). The summed E-state index contributed by atoms with van der Waals surface area (Å²) in [4.78, 5) is 16.3. The van der Waals surface area contributed by atoms with Gasteiger partial charge in [-0.2, -0.15) is 0 Å². The molecule has 2 aromatic rings. The summed E-state index contributed by atoms with van der Waals surface area (Å²) in [6.45, 7) is 4.67. The molecule has 0 radical (unpaired) electrons. The predicted molar refractivity (Wildman–Crippen MR) is 86.0 cm³/mol. The predicted octanol–water partition coefficient (Wildman–Crippen LogP) is 1.61. The van der Waals surface area contributed by atoms with E-state index in [-0.39, 0.29) is 12.3 Å². The minimum Gasteiger partial charge on any atom is -0.459 e. The van der Waals surface area contributed by atoms with Gasteiger partial charge >= 0.3 is 0 Å². The van der Waals surface area contributed by atoms with Crippen molar-refractivity contribution in [2.45, 2.75) is 13.3 Å². The van der Waals surface area contributed by atoms with Crippen molar-refractivity contribution >= 4 is 17.2 Å². The van der Waals surface area contributed by atoms with Crippen molar-refractivity contribution in [1.82, 2.24) is 15.6 Å². The van der Waals surface area contributed by atoms with Gasteiger partial charge in [0.2, 0.25) is 5.91 Å². The standard InChI is InChI=1S/C15H21N3O3S/c1-11-3-4-13(21-11)15-18-12(10-22-15)9-14(19)17-6-5-16-7-8-20-2/h3-4,10,16H,5-9H2,1-2H3,(H,17,19). The molecular weight excluding hydrogens is 302 g/mol. The van der Waals surface area contributed by atoms with Crippen LogP contribution in [0, 0.1) is 6.92 Å². The first-order chi connectivity index (χ1) is 10.7. The van der Waals surface area contributed by atoms with Crippen molar-refractivity contribution < 1.29 is 13.9 Å². The van der Waals surface area contributed by atoms with E-state index in [9.17, 15) is 4.79 Å². The van der Waals surface area contributed by atoms with E-state index in [2.05, 4.69) is 15.6 Å². The maximum Gasteiger partial charge on any atom is 0.226 e.